The molecule has 1 spiro atoms. The van der Waals surface area contributed by atoms with E-state index in [0.717, 1.165) is 63.8 Å². The Morgan fingerprint density at radius 3 is 2.65 bits per heavy atom. The number of ether oxygens (including phenoxy) is 1. The Bertz CT molecular complexity index is 731. The smallest absolute Gasteiger partial charge is 0.138 e. The van der Waals surface area contributed by atoms with Crippen LogP contribution in [0.4, 0.5) is 0 Å². The number of morpholine rings is 1. The zero-order chi connectivity index (χ0) is 18.1. The lowest BCUT2D eigenvalue weighted by Gasteiger charge is -2.48. The van der Waals surface area contributed by atoms with Crippen molar-refractivity contribution >= 4 is 0 Å². The van der Waals surface area contributed by atoms with E-state index in [1.54, 1.807) is 0 Å². The summed E-state index contributed by atoms with van der Waals surface area (Å²) in [5.74, 6) is 0.935. The first-order valence-electron chi connectivity index (χ1n) is 9.50. The number of hydrogen-bond donors (Lipinski definition) is 0. The topological polar surface area (TPSA) is 59.6 Å². The maximum absolute atomic E-state index is 6.35. The van der Waals surface area contributed by atoms with Gasteiger partial charge < -0.3 is 13.8 Å². The van der Waals surface area contributed by atoms with Crippen molar-refractivity contribution < 1.29 is 9.26 Å². The Balaban J connectivity index is 1.43. The summed E-state index contributed by atoms with van der Waals surface area (Å²) in [7, 11) is 2.06. The molecular formula is C19H29N5O2. The van der Waals surface area contributed by atoms with E-state index < -0.39 is 0 Å². The number of hydrogen-bond acceptors (Lipinski definition) is 6. The minimum Gasteiger partial charge on any atom is -0.371 e. The van der Waals surface area contributed by atoms with Crippen LogP contribution in [0.15, 0.2) is 17.0 Å². The molecule has 1 atom stereocenters. The molecule has 0 aliphatic carbocycles. The van der Waals surface area contributed by atoms with Crippen LogP contribution in [0.3, 0.4) is 0 Å². The van der Waals surface area contributed by atoms with E-state index in [2.05, 4.69) is 31.6 Å². The Labute approximate surface area is 154 Å². The van der Waals surface area contributed by atoms with Crippen LogP contribution in [-0.4, -0.2) is 62.9 Å². The van der Waals surface area contributed by atoms with Gasteiger partial charge in [0, 0.05) is 51.5 Å². The average molecular weight is 359 g/mol. The predicted molar refractivity (Wildman–Crippen MR) is 97.7 cm³/mol. The maximum Gasteiger partial charge on any atom is 0.138 e. The maximum atomic E-state index is 6.35. The fourth-order valence-corrected chi connectivity index (χ4v) is 4.35. The van der Waals surface area contributed by atoms with Crippen LogP contribution < -0.4 is 0 Å². The zero-order valence-corrected chi connectivity index (χ0v) is 16.1. The van der Waals surface area contributed by atoms with E-state index in [4.69, 9.17) is 9.26 Å². The highest BCUT2D eigenvalue weighted by Gasteiger charge is 2.40. The molecule has 2 saturated heterocycles. The number of nitrogens with zero attached hydrogens (tertiary/aromatic N) is 5. The first kappa shape index (κ1) is 17.7. The van der Waals surface area contributed by atoms with Crippen LogP contribution >= 0.6 is 0 Å². The molecule has 7 nitrogen and oxygen atoms in total. The monoisotopic (exact) mass is 359 g/mol. The van der Waals surface area contributed by atoms with Crippen LogP contribution in [-0.2, 0) is 24.9 Å². The van der Waals surface area contributed by atoms with Crippen molar-refractivity contribution in [3.63, 3.8) is 0 Å². The van der Waals surface area contributed by atoms with Crippen molar-refractivity contribution in [3.05, 3.63) is 35.2 Å². The van der Waals surface area contributed by atoms with Crippen molar-refractivity contribution in [2.75, 3.05) is 32.8 Å². The Morgan fingerprint density at radius 2 is 1.96 bits per heavy atom. The van der Waals surface area contributed by atoms with Crippen LogP contribution in [0.2, 0.25) is 0 Å². The lowest BCUT2D eigenvalue weighted by molar-refractivity contribution is -0.143. The molecule has 2 aromatic heterocycles. The standard InChI is InChI=1S/C19H29N5O2/c1-15-18(16(2)26-21-15)11-23-6-4-5-19(12-23)13-24(7-8-25-19)10-17-9-20-14-22(17)3/h9,14H,4-8,10-13H2,1-3H3. The van der Waals surface area contributed by atoms with Crippen molar-refractivity contribution in [2.45, 2.75) is 45.4 Å². The highest BCUT2D eigenvalue weighted by Crippen LogP contribution is 2.31. The summed E-state index contributed by atoms with van der Waals surface area (Å²) >= 11 is 0. The second-order valence-corrected chi connectivity index (χ2v) is 7.85. The summed E-state index contributed by atoms with van der Waals surface area (Å²) in [5, 5.41) is 4.10. The molecule has 0 radical (unpaired) electrons. The van der Waals surface area contributed by atoms with Gasteiger partial charge in [-0.2, -0.15) is 0 Å². The number of likely N-dealkylation sites (tertiary alicyclic amines) is 1. The Kier molecular flexibility index (Phi) is 4.86. The molecule has 0 bridgehead atoms. The van der Waals surface area contributed by atoms with Crippen LogP contribution in [0.5, 0.6) is 0 Å². The summed E-state index contributed by atoms with van der Waals surface area (Å²) in [6, 6.07) is 0. The molecule has 7 heteroatoms. The minimum atomic E-state index is -0.0614. The number of imidazole rings is 1. The van der Waals surface area contributed by atoms with Gasteiger partial charge in [-0.15, -0.1) is 0 Å². The van der Waals surface area contributed by atoms with Gasteiger partial charge in [-0.05, 0) is 33.2 Å². The third-order valence-corrected chi connectivity index (χ3v) is 5.81. The summed E-state index contributed by atoms with van der Waals surface area (Å²) in [6.45, 7) is 10.7. The molecular weight excluding hydrogens is 330 g/mol. The normalized spacial score (nSPS) is 25.2. The van der Waals surface area contributed by atoms with E-state index >= 15 is 0 Å². The third kappa shape index (κ3) is 3.56. The highest BCUT2D eigenvalue weighted by atomic mass is 16.5. The molecule has 0 aromatic carbocycles. The van der Waals surface area contributed by atoms with Crippen LogP contribution in [0.1, 0.15) is 35.6 Å². The number of aromatic nitrogens is 3. The quantitative estimate of drug-likeness (QED) is 0.831. The molecule has 0 N–H and O–H groups in total. The molecule has 4 heterocycles. The first-order chi connectivity index (χ1) is 12.5. The lowest BCUT2D eigenvalue weighted by atomic mass is 9.90. The molecule has 2 fully saturated rings. The van der Waals surface area contributed by atoms with E-state index in [9.17, 15) is 0 Å². The first-order valence-corrected chi connectivity index (χ1v) is 9.50. The van der Waals surface area contributed by atoms with Gasteiger partial charge in [0.1, 0.15) is 5.76 Å². The summed E-state index contributed by atoms with van der Waals surface area (Å²) < 4.78 is 13.8. The number of piperidine rings is 1. The predicted octanol–water partition coefficient (Wildman–Crippen LogP) is 1.89. The zero-order valence-electron chi connectivity index (χ0n) is 16.1. The van der Waals surface area contributed by atoms with Crippen molar-refractivity contribution in [3.8, 4) is 0 Å². The molecule has 0 saturated carbocycles. The van der Waals surface area contributed by atoms with Crippen molar-refractivity contribution in [1.29, 1.82) is 0 Å². The Morgan fingerprint density at radius 1 is 1.15 bits per heavy atom. The van der Waals surface area contributed by atoms with Crippen LogP contribution in [0.25, 0.3) is 0 Å². The number of rotatable bonds is 4. The van der Waals surface area contributed by atoms with Gasteiger partial charge in [-0.25, -0.2) is 4.98 Å². The average Bonchev–Trinajstić information content (AvgIpc) is 3.15. The largest absolute Gasteiger partial charge is 0.371 e. The van der Waals surface area contributed by atoms with Crippen molar-refractivity contribution in [2.24, 2.45) is 7.05 Å². The molecule has 2 aliphatic heterocycles. The minimum absolute atomic E-state index is 0.0614. The molecule has 2 aromatic rings. The van der Waals surface area contributed by atoms with Gasteiger partial charge in [-0.1, -0.05) is 5.16 Å². The highest BCUT2D eigenvalue weighted by molar-refractivity contribution is 5.20. The molecule has 0 amide bonds. The fraction of sp³-hybridized carbons (Fsp3) is 0.684. The van der Waals surface area contributed by atoms with E-state index in [-0.39, 0.29) is 5.60 Å². The van der Waals surface area contributed by atoms with Crippen LogP contribution in [0, 0.1) is 13.8 Å². The number of aryl methyl sites for hydroxylation is 3. The molecule has 26 heavy (non-hydrogen) atoms. The lowest BCUT2D eigenvalue weighted by Crippen LogP contribution is -2.59. The van der Waals surface area contributed by atoms with Gasteiger partial charge in [-0.3, -0.25) is 9.80 Å². The third-order valence-electron chi connectivity index (χ3n) is 5.81. The van der Waals surface area contributed by atoms with E-state index in [1.165, 1.54) is 17.7 Å². The van der Waals surface area contributed by atoms with E-state index in [0.29, 0.717) is 0 Å². The van der Waals surface area contributed by atoms with Gasteiger partial charge in [0.25, 0.3) is 0 Å². The van der Waals surface area contributed by atoms with Gasteiger partial charge in [0.2, 0.25) is 0 Å². The van der Waals surface area contributed by atoms with E-state index in [1.807, 2.05) is 26.4 Å². The summed E-state index contributed by atoms with van der Waals surface area (Å²) in [5.41, 5.74) is 3.42. The molecule has 2 aliphatic rings. The van der Waals surface area contributed by atoms with Gasteiger partial charge in [0.15, 0.2) is 0 Å². The summed E-state index contributed by atoms with van der Waals surface area (Å²) in [6.07, 6.45) is 6.14. The van der Waals surface area contributed by atoms with Gasteiger partial charge in [0.05, 0.1) is 29.9 Å². The molecule has 4 rings (SSSR count). The fourth-order valence-electron chi connectivity index (χ4n) is 4.35. The molecule has 142 valence electrons. The molecule has 1 unspecified atom stereocenters. The second kappa shape index (κ2) is 7.13. The van der Waals surface area contributed by atoms with Crippen molar-refractivity contribution in [1.82, 2.24) is 24.5 Å². The Hall–Kier alpha value is -1.70. The second-order valence-electron chi connectivity index (χ2n) is 7.85. The summed E-state index contributed by atoms with van der Waals surface area (Å²) in [4.78, 5) is 9.26. The SMILES string of the molecule is Cc1noc(C)c1CN1CCCC2(C1)CN(Cc1cncn1C)CCO2. The van der Waals surface area contributed by atoms with Gasteiger partial charge >= 0.3 is 0 Å².